The Labute approximate surface area is 86.2 Å². The largest absolute Gasteiger partial charge is 0.493 e. The molecular formula is C10H11FO4. The molecule has 1 unspecified atom stereocenters. The van der Waals surface area contributed by atoms with Gasteiger partial charge < -0.3 is 19.3 Å². The van der Waals surface area contributed by atoms with E-state index in [0.717, 1.165) is 0 Å². The highest BCUT2D eigenvalue weighted by atomic mass is 19.1. The Balaban J connectivity index is 2.61. The van der Waals surface area contributed by atoms with Crippen LogP contribution in [0.2, 0.25) is 0 Å². The van der Waals surface area contributed by atoms with Crippen LogP contribution >= 0.6 is 0 Å². The van der Waals surface area contributed by atoms with E-state index in [1.165, 1.54) is 20.1 Å². The molecule has 1 aromatic carbocycles. The number of rotatable bonds is 2. The number of halogens is 1. The van der Waals surface area contributed by atoms with Crippen molar-refractivity contribution in [2.75, 3.05) is 13.9 Å². The van der Waals surface area contributed by atoms with Gasteiger partial charge in [0.2, 0.25) is 18.4 Å². The van der Waals surface area contributed by atoms with Gasteiger partial charge in [0.05, 0.1) is 13.2 Å². The molecule has 0 saturated carbocycles. The zero-order valence-electron chi connectivity index (χ0n) is 8.41. The van der Waals surface area contributed by atoms with Gasteiger partial charge in [0, 0.05) is 5.56 Å². The first kappa shape index (κ1) is 10.0. The van der Waals surface area contributed by atoms with Crippen LogP contribution in [0, 0.1) is 5.82 Å². The highest BCUT2D eigenvalue weighted by Gasteiger charge is 2.26. The Kier molecular flexibility index (Phi) is 2.40. The van der Waals surface area contributed by atoms with Gasteiger partial charge in [-0.1, -0.05) is 0 Å². The van der Waals surface area contributed by atoms with Crippen LogP contribution in [0.5, 0.6) is 17.2 Å². The van der Waals surface area contributed by atoms with E-state index >= 15 is 0 Å². The highest BCUT2D eigenvalue weighted by Crippen LogP contribution is 2.43. The Morgan fingerprint density at radius 2 is 2.27 bits per heavy atom. The lowest BCUT2D eigenvalue weighted by Gasteiger charge is -2.13. The van der Waals surface area contributed by atoms with Crippen LogP contribution in [0.1, 0.15) is 18.6 Å². The normalized spacial score (nSPS) is 15.2. The molecule has 0 spiro atoms. The maximum atomic E-state index is 13.8. The fourth-order valence-corrected chi connectivity index (χ4v) is 1.52. The Morgan fingerprint density at radius 1 is 1.53 bits per heavy atom. The SMILES string of the molecule is COc1c(C(C)O)cc2c(c1F)OCO2. The van der Waals surface area contributed by atoms with Crippen molar-refractivity contribution in [2.45, 2.75) is 13.0 Å². The van der Waals surface area contributed by atoms with E-state index in [1.54, 1.807) is 0 Å². The molecule has 0 aliphatic carbocycles. The van der Waals surface area contributed by atoms with Gasteiger partial charge in [0.15, 0.2) is 11.5 Å². The number of methoxy groups -OCH3 is 1. The lowest BCUT2D eigenvalue weighted by atomic mass is 10.1. The summed E-state index contributed by atoms with van der Waals surface area (Å²) in [4.78, 5) is 0. The Bertz CT molecular complexity index is 389. The number of hydrogen-bond donors (Lipinski definition) is 1. The molecular weight excluding hydrogens is 203 g/mol. The van der Waals surface area contributed by atoms with Crippen LogP contribution in [-0.2, 0) is 0 Å². The van der Waals surface area contributed by atoms with Gasteiger partial charge in [-0.15, -0.1) is 0 Å². The molecule has 1 aliphatic heterocycles. The zero-order chi connectivity index (χ0) is 11.0. The van der Waals surface area contributed by atoms with Gasteiger partial charge in [-0.05, 0) is 13.0 Å². The zero-order valence-corrected chi connectivity index (χ0v) is 8.41. The van der Waals surface area contributed by atoms with Crippen LogP contribution < -0.4 is 14.2 Å². The quantitative estimate of drug-likeness (QED) is 0.812. The summed E-state index contributed by atoms with van der Waals surface area (Å²) < 4.78 is 28.6. The van der Waals surface area contributed by atoms with E-state index in [4.69, 9.17) is 14.2 Å². The van der Waals surface area contributed by atoms with Gasteiger partial charge >= 0.3 is 0 Å². The summed E-state index contributed by atoms with van der Waals surface area (Å²) in [5.74, 6) is -0.307. The first-order chi connectivity index (χ1) is 7.15. The Hall–Kier alpha value is -1.49. The van der Waals surface area contributed by atoms with Crippen LogP contribution in [0.15, 0.2) is 6.07 Å². The van der Waals surface area contributed by atoms with Crippen LogP contribution in [0.3, 0.4) is 0 Å². The molecule has 0 fully saturated rings. The minimum atomic E-state index is -0.830. The van der Waals surface area contributed by atoms with Gasteiger partial charge in [-0.2, -0.15) is 4.39 Å². The maximum absolute atomic E-state index is 13.8. The highest BCUT2D eigenvalue weighted by molar-refractivity contribution is 5.53. The van der Waals surface area contributed by atoms with Crippen molar-refractivity contribution in [3.8, 4) is 17.2 Å². The summed E-state index contributed by atoms with van der Waals surface area (Å²) >= 11 is 0. The van der Waals surface area contributed by atoms with Crippen molar-refractivity contribution in [2.24, 2.45) is 0 Å². The predicted octanol–water partition coefficient (Wildman–Crippen LogP) is 1.62. The van der Waals surface area contributed by atoms with Crippen LogP contribution in [0.25, 0.3) is 0 Å². The van der Waals surface area contributed by atoms with Crippen LogP contribution in [-0.4, -0.2) is 19.0 Å². The van der Waals surface area contributed by atoms with Crippen LogP contribution in [0.4, 0.5) is 4.39 Å². The summed E-state index contributed by atoms with van der Waals surface area (Å²) in [5.41, 5.74) is 0.347. The number of fused-ring (bicyclic) bond motifs is 1. The van der Waals surface area contributed by atoms with E-state index in [2.05, 4.69) is 0 Å². The average molecular weight is 214 g/mol. The van der Waals surface area contributed by atoms with Gasteiger partial charge in [0.1, 0.15) is 0 Å². The lowest BCUT2D eigenvalue weighted by molar-refractivity contribution is 0.170. The molecule has 82 valence electrons. The predicted molar refractivity (Wildman–Crippen MR) is 49.7 cm³/mol. The molecule has 1 atom stereocenters. The second-order valence-electron chi connectivity index (χ2n) is 3.22. The van der Waals surface area contributed by atoms with E-state index in [-0.39, 0.29) is 18.3 Å². The average Bonchev–Trinajstić information content (AvgIpc) is 2.65. The second-order valence-corrected chi connectivity index (χ2v) is 3.22. The van der Waals surface area contributed by atoms with Crippen molar-refractivity contribution in [3.63, 3.8) is 0 Å². The topological polar surface area (TPSA) is 47.9 Å². The molecule has 1 heterocycles. The second kappa shape index (κ2) is 3.58. The number of aliphatic hydroxyl groups excluding tert-OH is 1. The number of aliphatic hydroxyl groups is 1. The maximum Gasteiger partial charge on any atom is 0.231 e. The van der Waals surface area contributed by atoms with Gasteiger partial charge in [-0.3, -0.25) is 0 Å². The van der Waals surface area contributed by atoms with Crippen molar-refractivity contribution < 1.29 is 23.7 Å². The molecule has 5 heteroatoms. The monoisotopic (exact) mass is 214 g/mol. The first-order valence-corrected chi connectivity index (χ1v) is 4.49. The Morgan fingerprint density at radius 3 is 2.87 bits per heavy atom. The van der Waals surface area contributed by atoms with Crippen molar-refractivity contribution in [1.29, 1.82) is 0 Å². The van der Waals surface area contributed by atoms with Gasteiger partial charge in [-0.25, -0.2) is 0 Å². The molecule has 0 saturated heterocycles. The minimum Gasteiger partial charge on any atom is -0.493 e. The van der Waals surface area contributed by atoms with E-state index in [0.29, 0.717) is 11.3 Å². The summed E-state index contributed by atoms with van der Waals surface area (Å²) in [6, 6.07) is 1.52. The molecule has 0 amide bonds. The molecule has 4 nitrogen and oxygen atoms in total. The fourth-order valence-electron chi connectivity index (χ4n) is 1.52. The van der Waals surface area contributed by atoms with Crippen molar-refractivity contribution >= 4 is 0 Å². The van der Waals surface area contributed by atoms with Crippen molar-refractivity contribution in [3.05, 3.63) is 17.4 Å². The van der Waals surface area contributed by atoms with Gasteiger partial charge in [0.25, 0.3) is 0 Å². The van der Waals surface area contributed by atoms with E-state index < -0.39 is 11.9 Å². The smallest absolute Gasteiger partial charge is 0.231 e. The number of ether oxygens (including phenoxy) is 3. The molecule has 1 aliphatic rings. The van der Waals surface area contributed by atoms with Crippen molar-refractivity contribution in [1.82, 2.24) is 0 Å². The molecule has 2 rings (SSSR count). The summed E-state index contributed by atoms with van der Waals surface area (Å²) in [7, 11) is 1.34. The first-order valence-electron chi connectivity index (χ1n) is 4.49. The summed E-state index contributed by atoms with van der Waals surface area (Å²) in [6.07, 6.45) is -0.830. The standard InChI is InChI=1S/C10H11FO4/c1-5(12)6-3-7-10(15-4-14-7)8(11)9(6)13-2/h3,5,12H,4H2,1-2H3. The molecule has 1 N–H and O–H groups in total. The summed E-state index contributed by atoms with van der Waals surface area (Å²) in [5, 5.41) is 9.45. The molecule has 0 aromatic heterocycles. The fraction of sp³-hybridized carbons (Fsp3) is 0.400. The molecule has 1 aromatic rings. The summed E-state index contributed by atoms with van der Waals surface area (Å²) in [6.45, 7) is 1.51. The molecule has 0 bridgehead atoms. The minimum absolute atomic E-state index is 0.00532. The third-order valence-electron chi connectivity index (χ3n) is 2.24. The third kappa shape index (κ3) is 1.48. The molecule has 0 radical (unpaired) electrons. The number of hydrogen-bond acceptors (Lipinski definition) is 4. The van der Waals surface area contributed by atoms with E-state index in [9.17, 15) is 9.50 Å². The third-order valence-corrected chi connectivity index (χ3v) is 2.24. The lowest BCUT2D eigenvalue weighted by Crippen LogP contribution is -2.00. The number of benzene rings is 1. The van der Waals surface area contributed by atoms with E-state index in [1.807, 2.05) is 0 Å². The molecule has 15 heavy (non-hydrogen) atoms.